The summed E-state index contributed by atoms with van der Waals surface area (Å²) in [5.74, 6) is 0.115. The van der Waals surface area contributed by atoms with Gasteiger partial charge >= 0.3 is 10.3 Å². The van der Waals surface area contributed by atoms with E-state index in [0.717, 1.165) is 5.56 Å². The summed E-state index contributed by atoms with van der Waals surface area (Å²) < 4.78 is 49.1. The van der Waals surface area contributed by atoms with E-state index in [0.29, 0.717) is 29.1 Å². The van der Waals surface area contributed by atoms with Crippen molar-refractivity contribution in [2.75, 3.05) is 18.6 Å². The van der Waals surface area contributed by atoms with Crippen LogP contribution in [0.4, 0.5) is 5.69 Å². The van der Waals surface area contributed by atoms with Crippen molar-refractivity contribution >= 4 is 27.8 Å². The summed E-state index contributed by atoms with van der Waals surface area (Å²) in [6.07, 6.45) is 1.98. The van der Waals surface area contributed by atoms with E-state index >= 15 is 0 Å². The second-order valence-corrected chi connectivity index (χ2v) is 10.1. The summed E-state index contributed by atoms with van der Waals surface area (Å²) in [6, 6.07) is 20.5. The van der Waals surface area contributed by atoms with E-state index < -0.39 is 34.2 Å². The summed E-state index contributed by atoms with van der Waals surface area (Å²) in [6.45, 7) is 0.0398. The molecule has 0 bridgehead atoms. The number of carbonyl (C=O) groups excluding carboxylic acids is 2. The largest absolute Gasteiger partial charge is 0.497 e. The van der Waals surface area contributed by atoms with E-state index in [1.807, 2.05) is 35.1 Å². The molecular formula is C28H29N3O8S. The van der Waals surface area contributed by atoms with Crippen LogP contribution in [0.3, 0.4) is 0 Å². The molecule has 0 radical (unpaired) electrons. The highest BCUT2D eigenvalue weighted by molar-refractivity contribution is 7.87. The maximum absolute atomic E-state index is 13.6. The Balaban J connectivity index is 1.55. The Morgan fingerprint density at radius 3 is 2.20 bits per heavy atom. The predicted octanol–water partition coefficient (Wildman–Crippen LogP) is 2.82. The number of rotatable bonds is 12. The molecule has 1 aliphatic heterocycles. The number of ether oxygens (including phenoxy) is 3. The molecule has 1 heterocycles. The van der Waals surface area contributed by atoms with Crippen LogP contribution in [0.2, 0.25) is 0 Å². The van der Waals surface area contributed by atoms with Gasteiger partial charge in [0.25, 0.3) is 5.91 Å². The van der Waals surface area contributed by atoms with Gasteiger partial charge in [0.05, 0.1) is 18.8 Å². The number of methoxy groups -OCH3 is 1. The quantitative estimate of drug-likeness (QED) is 0.244. The Kier molecular flexibility index (Phi) is 9.25. The number of carbonyl (C=O) groups is 2. The van der Waals surface area contributed by atoms with Crippen molar-refractivity contribution in [3.8, 4) is 5.75 Å². The highest BCUT2D eigenvalue weighted by atomic mass is 32.2. The van der Waals surface area contributed by atoms with E-state index in [1.54, 1.807) is 36.4 Å². The molecule has 0 aromatic heterocycles. The van der Waals surface area contributed by atoms with Gasteiger partial charge in [-0.15, -0.1) is 0 Å². The monoisotopic (exact) mass is 567 g/mol. The second kappa shape index (κ2) is 13.0. The van der Waals surface area contributed by atoms with Crippen LogP contribution in [-0.2, 0) is 37.4 Å². The lowest BCUT2D eigenvalue weighted by Crippen LogP contribution is -2.51. The fourth-order valence-electron chi connectivity index (χ4n) is 4.07. The second-order valence-electron chi connectivity index (χ2n) is 8.93. The van der Waals surface area contributed by atoms with Crippen LogP contribution in [0, 0.1) is 0 Å². The van der Waals surface area contributed by atoms with Crippen molar-refractivity contribution in [3.05, 3.63) is 108 Å². The van der Waals surface area contributed by atoms with E-state index in [1.165, 1.54) is 25.5 Å². The number of anilines is 1. The van der Waals surface area contributed by atoms with Gasteiger partial charge in [-0.05, 0) is 47.5 Å². The molecule has 40 heavy (non-hydrogen) atoms. The lowest BCUT2D eigenvalue weighted by molar-refractivity contribution is -0.123. The molecule has 2 amide bonds. The Morgan fingerprint density at radius 1 is 0.925 bits per heavy atom. The SMILES string of the molecule is COc1ccc(C(=O)NC(Cc2ccc(NS(=O)(=O)O)cc2)C(=O)NC(Cc2ccccc2)C2=COCO2)cc1. The molecule has 0 saturated heterocycles. The molecular weight excluding hydrogens is 538 g/mol. The van der Waals surface area contributed by atoms with Crippen molar-refractivity contribution in [2.45, 2.75) is 24.9 Å². The number of hydrogen-bond acceptors (Lipinski definition) is 7. The van der Waals surface area contributed by atoms with Gasteiger partial charge < -0.3 is 24.8 Å². The van der Waals surface area contributed by atoms with Crippen molar-refractivity contribution in [1.29, 1.82) is 0 Å². The molecule has 2 unspecified atom stereocenters. The third-order valence-electron chi connectivity index (χ3n) is 6.05. The minimum absolute atomic E-state index is 0.0398. The standard InChI is InChI=1S/C28H29N3O8S/c1-37-23-13-9-21(10-14-23)27(32)30-25(16-20-7-11-22(12-8-20)31-40(34,35)36)28(33)29-24(26-17-38-18-39-26)15-19-5-3-2-4-6-19/h2-14,17,24-25,31H,15-16,18H2,1H3,(H,29,33)(H,30,32)(H,34,35,36). The van der Waals surface area contributed by atoms with E-state index in [4.69, 9.17) is 18.8 Å². The fourth-order valence-corrected chi connectivity index (χ4v) is 4.50. The topological polar surface area (TPSA) is 152 Å². The molecule has 11 nitrogen and oxygen atoms in total. The molecule has 3 aromatic carbocycles. The van der Waals surface area contributed by atoms with Crippen LogP contribution in [0.25, 0.3) is 0 Å². The van der Waals surface area contributed by atoms with Gasteiger partial charge in [0.1, 0.15) is 18.1 Å². The summed E-state index contributed by atoms with van der Waals surface area (Å²) in [5.41, 5.74) is 2.07. The number of nitrogens with one attached hydrogen (secondary N) is 3. The average molecular weight is 568 g/mol. The maximum Gasteiger partial charge on any atom is 0.357 e. The van der Waals surface area contributed by atoms with Gasteiger partial charge in [0.15, 0.2) is 5.76 Å². The zero-order valence-corrected chi connectivity index (χ0v) is 22.4. The Labute approximate surface area is 232 Å². The maximum atomic E-state index is 13.6. The van der Waals surface area contributed by atoms with Crippen LogP contribution in [0.1, 0.15) is 21.5 Å². The minimum Gasteiger partial charge on any atom is -0.497 e. The van der Waals surface area contributed by atoms with Crippen molar-refractivity contribution in [2.24, 2.45) is 0 Å². The zero-order valence-electron chi connectivity index (χ0n) is 21.6. The molecule has 12 heteroatoms. The van der Waals surface area contributed by atoms with E-state index in [9.17, 15) is 18.0 Å². The first-order chi connectivity index (χ1) is 19.2. The van der Waals surface area contributed by atoms with Crippen LogP contribution in [0.5, 0.6) is 5.75 Å². The first-order valence-corrected chi connectivity index (χ1v) is 13.7. The number of amides is 2. The molecule has 0 saturated carbocycles. The molecule has 3 aromatic rings. The Morgan fingerprint density at radius 2 is 1.60 bits per heavy atom. The van der Waals surface area contributed by atoms with Crippen LogP contribution in [-0.4, -0.2) is 50.8 Å². The summed E-state index contributed by atoms with van der Waals surface area (Å²) in [7, 11) is -2.91. The Hall–Kier alpha value is -4.55. The third kappa shape index (κ3) is 8.22. The molecule has 210 valence electrons. The minimum atomic E-state index is -4.43. The molecule has 0 aliphatic carbocycles. The molecule has 4 rings (SSSR count). The number of benzene rings is 3. The molecule has 1 aliphatic rings. The lowest BCUT2D eigenvalue weighted by Gasteiger charge is -2.24. The molecule has 0 spiro atoms. The van der Waals surface area contributed by atoms with Gasteiger partial charge in [0.2, 0.25) is 12.7 Å². The van der Waals surface area contributed by atoms with Crippen LogP contribution < -0.4 is 20.1 Å². The van der Waals surface area contributed by atoms with Crippen LogP contribution >= 0.6 is 0 Å². The van der Waals surface area contributed by atoms with Crippen molar-refractivity contribution in [3.63, 3.8) is 0 Å². The predicted molar refractivity (Wildman–Crippen MR) is 147 cm³/mol. The summed E-state index contributed by atoms with van der Waals surface area (Å²) in [5, 5.41) is 5.77. The Bertz CT molecular complexity index is 1440. The van der Waals surface area contributed by atoms with Gasteiger partial charge in [0, 0.05) is 18.4 Å². The number of hydrogen-bond donors (Lipinski definition) is 4. The molecule has 0 fully saturated rings. The molecule has 4 N–H and O–H groups in total. The van der Waals surface area contributed by atoms with E-state index in [-0.39, 0.29) is 18.9 Å². The first-order valence-electron chi connectivity index (χ1n) is 12.3. The first kappa shape index (κ1) is 28.5. The van der Waals surface area contributed by atoms with Gasteiger partial charge in [-0.25, -0.2) is 0 Å². The van der Waals surface area contributed by atoms with Gasteiger partial charge in [-0.3, -0.25) is 18.9 Å². The molecule has 2 atom stereocenters. The van der Waals surface area contributed by atoms with Crippen LogP contribution in [0.15, 0.2) is 90.9 Å². The average Bonchev–Trinajstić information content (AvgIpc) is 3.48. The lowest BCUT2D eigenvalue weighted by atomic mass is 10.0. The van der Waals surface area contributed by atoms with Crippen molar-refractivity contribution in [1.82, 2.24) is 10.6 Å². The third-order valence-corrected chi connectivity index (χ3v) is 6.54. The summed E-state index contributed by atoms with van der Waals surface area (Å²) in [4.78, 5) is 26.7. The highest BCUT2D eigenvalue weighted by Gasteiger charge is 2.28. The highest BCUT2D eigenvalue weighted by Crippen LogP contribution is 2.18. The fraction of sp³-hybridized carbons (Fsp3) is 0.214. The normalized spacial score (nSPS) is 14.1. The zero-order chi connectivity index (χ0) is 28.5. The smallest absolute Gasteiger partial charge is 0.357 e. The van der Waals surface area contributed by atoms with Crippen molar-refractivity contribution < 1.29 is 36.8 Å². The van der Waals surface area contributed by atoms with E-state index in [2.05, 4.69) is 10.6 Å². The summed E-state index contributed by atoms with van der Waals surface area (Å²) >= 11 is 0. The van der Waals surface area contributed by atoms with Gasteiger partial charge in [-0.1, -0.05) is 42.5 Å². The van der Waals surface area contributed by atoms with Gasteiger partial charge in [-0.2, -0.15) is 8.42 Å².